The van der Waals surface area contributed by atoms with E-state index in [0.29, 0.717) is 0 Å². The van der Waals surface area contributed by atoms with Gasteiger partial charge in [0.1, 0.15) is 0 Å². The van der Waals surface area contributed by atoms with Gasteiger partial charge in [-0.3, -0.25) is 0 Å². The van der Waals surface area contributed by atoms with Gasteiger partial charge < -0.3 is 11.0 Å². The molecule has 0 amide bonds. The van der Waals surface area contributed by atoms with Crippen LogP contribution in [0, 0.1) is 0 Å². The molecule has 0 spiro atoms. The maximum absolute atomic E-state index is 0. The molecule has 0 bridgehead atoms. The average Bonchev–Trinajstić information content (AvgIpc) is 0. The number of rotatable bonds is 0. The fraction of sp³-hybridized carbons (Fsp3) is 0. The van der Waals surface area contributed by atoms with E-state index in [-0.39, 0.29) is 61.1 Å². The molecule has 0 aromatic rings. The molecule has 0 heterocycles. The molecule has 0 aromatic heterocycles. The maximum Gasteiger partial charge on any atom is 4.00 e. The molecule has 0 aliphatic rings. The van der Waals surface area contributed by atoms with Crippen molar-refractivity contribution in [2.75, 3.05) is 0 Å². The standard InChI is InChI=1S/2O.Sn.Zr/q2*-2;+4;. The summed E-state index contributed by atoms with van der Waals surface area (Å²) in [7, 11) is 0. The Hall–Kier alpha value is 1.60. The molecule has 0 aromatic carbocycles. The van der Waals surface area contributed by atoms with Crippen LogP contribution < -0.4 is 0 Å². The first-order valence-corrected chi connectivity index (χ1v) is 0. The van der Waals surface area contributed by atoms with Gasteiger partial charge in [0.25, 0.3) is 0 Å². The smallest absolute Gasteiger partial charge is 2.00 e. The van der Waals surface area contributed by atoms with Crippen LogP contribution in [0.15, 0.2) is 0 Å². The molecule has 2 nitrogen and oxygen atoms in total. The second-order valence-corrected chi connectivity index (χ2v) is 0. The van der Waals surface area contributed by atoms with Crippen molar-refractivity contribution in [2.45, 2.75) is 0 Å². The molecular weight excluding hydrogens is 242 g/mol. The van der Waals surface area contributed by atoms with Crippen LogP contribution in [0.25, 0.3) is 0 Å². The zero-order valence-corrected chi connectivity index (χ0v) is 7.13. The van der Waals surface area contributed by atoms with Crippen molar-refractivity contribution in [3.05, 3.63) is 0 Å². The minimum atomic E-state index is 0. The normalized spacial score (nSPS) is 0. The van der Waals surface area contributed by atoms with Crippen molar-refractivity contribution in [1.82, 2.24) is 0 Å². The average molecular weight is 242 g/mol. The third-order valence-electron chi connectivity index (χ3n) is 0. The number of hydrogen-bond donors (Lipinski definition) is 0. The first-order valence-electron chi connectivity index (χ1n) is 0. The first-order chi connectivity index (χ1) is 0. The van der Waals surface area contributed by atoms with Crippen molar-refractivity contribution >= 4 is 23.9 Å². The van der Waals surface area contributed by atoms with Gasteiger partial charge in [0.15, 0.2) is 0 Å². The summed E-state index contributed by atoms with van der Waals surface area (Å²) in [6, 6.07) is 0. The molecule has 4 heteroatoms. The molecule has 20 valence electrons. The Morgan fingerprint density at radius 2 is 0.750 bits per heavy atom. The van der Waals surface area contributed by atoms with Gasteiger partial charge in [0.2, 0.25) is 0 Å². The number of hydrogen-bond acceptors (Lipinski definition) is 0. The molecular formula is O2SnZr. The second-order valence-electron chi connectivity index (χ2n) is 0. The molecule has 0 radical (unpaired) electrons. The van der Waals surface area contributed by atoms with Gasteiger partial charge >= 0.3 is 23.9 Å². The van der Waals surface area contributed by atoms with Crippen molar-refractivity contribution in [3.63, 3.8) is 0 Å². The quantitative estimate of drug-likeness (QED) is 0.508. The molecule has 0 aliphatic heterocycles. The Kier molecular flexibility index (Phi) is 269. The summed E-state index contributed by atoms with van der Waals surface area (Å²) in [5, 5.41) is 0. The fourth-order valence-electron chi connectivity index (χ4n) is 0. The second kappa shape index (κ2) is 23.3. The molecule has 0 rings (SSSR count). The van der Waals surface area contributed by atoms with Gasteiger partial charge in [-0.1, -0.05) is 0 Å². The van der Waals surface area contributed by atoms with Crippen LogP contribution in [-0.2, 0) is 37.2 Å². The summed E-state index contributed by atoms with van der Waals surface area (Å²) in [4.78, 5) is 0. The zero-order valence-electron chi connectivity index (χ0n) is 1.82. The minimum absolute atomic E-state index is 0. The molecule has 0 unspecified atom stereocenters. The monoisotopic (exact) mass is 242 g/mol. The van der Waals surface area contributed by atoms with Crippen LogP contribution in [0.1, 0.15) is 0 Å². The molecule has 0 atom stereocenters. The van der Waals surface area contributed by atoms with Crippen molar-refractivity contribution in [1.29, 1.82) is 0 Å². The Balaban J connectivity index is 0. The molecule has 0 fully saturated rings. The van der Waals surface area contributed by atoms with E-state index in [1.807, 2.05) is 0 Å². The summed E-state index contributed by atoms with van der Waals surface area (Å²) in [5.74, 6) is 0. The van der Waals surface area contributed by atoms with E-state index in [1.54, 1.807) is 0 Å². The Morgan fingerprint density at radius 3 is 0.750 bits per heavy atom. The summed E-state index contributed by atoms with van der Waals surface area (Å²) in [6.07, 6.45) is 0. The molecule has 0 N–H and O–H groups in total. The minimum Gasteiger partial charge on any atom is -2.00 e. The topological polar surface area (TPSA) is 57.0 Å². The van der Waals surface area contributed by atoms with E-state index in [4.69, 9.17) is 0 Å². The van der Waals surface area contributed by atoms with E-state index in [9.17, 15) is 0 Å². The van der Waals surface area contributed by atoms with Gasteiger partial charge in [-0.15, -0.1) is 0 Å². The first kappa shape index (κ1) is 46.2. The van der Waals surface area contributed by atoms with Crippen LogP contribution in [0.3, 0.4) is 0 Å². The summed E-state index contributed by atoms with van der Waals surface area (Å²) in [6.45, 7) is 0. The van der Waals surface area contributed by atoms with E-state index in [2.05, 4.69) is 0 Å². The van der Waals surface area contributed by atoms with Crippen molar-refractivity contribution < 1.29 is 37.2 Å². The Bertz CT molecular complexity index is 6.00. The summed E-state index contributed by atoms with van der Waals surface area (Å²) >= 11 is 0. The molecule has 0 saturated heterocycles. The fourth-order valence-corrected chi connectivity index (χ4v) is 0. The third kappa shape index (κ3) is 9.50. The Labute approximate surface area is 60.7 Å². The van der Waals surface area contributed by atoms with Crippen LogP contribution in [-0.4, -0.2) is 23.9 Å². The van der Waals surface area contributed by atoms with Crippen LogP contribution in [0.5, 0.6) is 0 Å². The third-order valence-corrected chi connectivity index (χ3v) is 0. The van der Waals surface area contributed by atoms with Crippen LogP contribution >= 0.6 is 0 Å². The Morgan fingerprint density at radius 1 is 0.750 bits per heavy atom. The van der Waals surface area contributed by atoms with Crippen LogP contribution in [0.4, 0.5) is 0 Å². The zero-order chi connectivity index (χ0) is 0. The largest absolute Gasteiger partial charge is 4.00 e. The van der Waals surface area contributed by atoms with E-state index >= 15 is 0 Å². The molecule has 0 saturated carbocycles. The SMILES string of the molecule is [O-2].[O-2].[Sn+4].[Zr]. The van der Waals surface area contributed by atoms with Gasteiger partial charge in [0, 0.05) is 26.2 Å². The van der Waals surface area contributed by atoms with E-state index < -0.39 is 0 Å². The van der Waals surface area contributed by atoms with Gasteiger partial charge in [0.05, 0.1) is 0 Å². The summed E-state index contributed by atoms with van der Waals surface area (Å²) in [5.41, 5.74) is 0. The van der Waals surface area contributed by atoms with Crippen molar-refractivity contribution in [2.24, 2.45) is 0 Å². The van der Waals surface area contributed by atoms with Gasteiger partial charge in [-0.2, -0.15) is 0 Å². The predicted octanol–water partition coefficient (Wildman–Crippen LogP) is -0.621. The molecule has 4 heavy (non-hydrogen) atoms. The van der Waals surface area contributed by atoms with E-state index in [0.717, 1.165) is 0 Å². The predicted molar refractivity (Wildman–Crippen MR) is 7.13 cm³/mol. The summed E-state index contributed by atoms with van der Waals surface area (Å²) < 4.78 is 0. The van der Waals surface area contributed by atoms with Crippen LogP contribution in [0.2, 0.25) is 0 Å². The van der Waals surface area contributed by atoms with Gasteiger partial charge in [-0.05, 0) is 0 Å². The van der Waals surface area contributed by atoms with E-state index in [1.165, 1.54) is 0 Å². The van der Waals surface area contributed by atoms with Gasteiger partial charge in [-0.25, -0.2) is 0 Å². The molecule has 0 aliphatic carbocycles. The van der Waals surface area contributed by atoms with Crippen molar-refractivity contribution in [3.8, 4) is 0 Å². The maximum atomic E-state index is 0.